The summed E-state index contributed by atoms with van der Waals surface area (Å²) in [5.74, 6) is -1.48. The Kier molecular flexibility index (Phi) is 6.65. The number of amides is 1. The fourth-order valence-electron chi connectivity index (χ4n) is 4.06. The first-order valence-corrected chi connectivity index (χ1v) is 10.7. The molecule has 31 heavy (non-hydrogen) atoms. The molecule has 2 aromatic rings. The van der Waals surface area contributed by atoms with E-state index in [0.29, 0.717) is 36.8 Å². The Balaban J connectivity index is 1.65. The van der Waals surface area contributed by atoms with Crippen LogP contribution in [0.1, 0.15) is 23.6 Å². The molecule has 2 aliphatic rings. The zero-order chi connectivity index (χ0) is 21.8. The molecule has 2 saturated heterocycles. The van der Waals surface area contributed by atoms with Crippen molar-refractivity contribution >= 4 is 29.1 Å². The lowest BCUT2D eigenvalue weighted by Gasteiger charge is -2.29. The molecule has 2 aliphatic heterocycles. The smallest absolute Gasteiger partial charge is 0.295 e. The monoisotopic (exact) mass is 441 g/mol. The van der Waals surface area contributed by atoms with Crippen LogP contribution in [-0.4, -0.2) is 71.0 Å². The molecule has 8 heteroatoms. The van der Waals surface area contributed by atoms with Gasteiger partial charge in [0, 0.05) is 49.2 Å². The molecule has 1 atom stereocenters. The summed E-state index contributed by atoms with van der Waals surface area (Å²) in [6.07, 6.45) is 3.78. The Morgan fingerprint density at radius 2 is 1.74 bits per heavy atom. The topological polar surface area (TPSA) is 83.0 Å². The number of ether oxygens (including phenoxy) is 1. The van der Waals surface area contributed by atoms with Crippen LogP contribution in [-0.2, 0) is 14.3 Å². The molecule has 1 aromatic carbocycles. The third-order valence-electron chi connectivity index (χ3n) is 5.66. The van der Waals surface area contributed by atoms with Crippen LogP contribution in [0.2, 0.25) is 5.02 Å². The van der Waals surface area contributed by atoms with Crippen LogP contribution < -0.4 is 0 Å². The first-order valence-electron chi connectivity index (χ1n) is 10.3. The summed E-state index contributed by atoms with van der Waals surface area (Å²) < 4.78 is 5.38. The molecule has 0 radical (unpaired) electrons. The molecule has 2 fully saturated rings. The number of carbonyl (C=O) groups is 2. The Morgan fingerprint density at radius 1 is 1.06 bits per heavy atom. The largest absolute Gasteiger partial charge is 0.507 e. The third kappa shape index (κ3) is 4.63. The SMILES string of the molecule is O=C1C(=O)N(CCCN2CCOCC2)[C@@H](c2ccc(Cl)cc2)/C1=C(\O)c1ccncc1. The lowest BCUT2D eigenvalue weighted by molar-refractivity contribution is -0.140. The predicted molar refractivity (Wildman–Crippen MR) is 117 cm³/mol. The number of hydrogen-bond acceptors (Lipinski definition) is 6. The van der Waals surface area contributed by atoms with Crippen molar-refractivity contribution in [3.63, 3.8) is 0 Å². The van der Waals surface area contributed by atoms with E-state index in [2.05, 4.69) is 9.88 Å². The van der Waals surface area contributed by atoms with Crippen molar-refractivity contribution < 1.29 is 19.4 Å². The second-order valence-electron chi connectivity index (χ2n) is 7.59. The first-order chi connectivity index (χ1) is 15.1. The number of aromatic nitrogens is 1. The second kappa shape index (κ2) is 9.60. The van der Waals surface area contributed by atoms with Gasteiger partial charge in [-0.15, -0.1) is 0 Å². The van der Waals surface area contributed by atoms with E-state index in [-0.39, 0.29) is 11.3 Å². The van der Waals surface area contributed by atoms with Crippen LogP contribution in [0.3, 0.4) is 0 Å². The van der Waals surface area contributed by atoms with E-state index in [1.807, 2.05) is 0 Å². The van der Waals surface area contributed by atoms with E-state index in [1.54, 1.807) is 41.3 Å². The lowest BCUT2D eigenvalue weighted by atomic mass is 9.95. The van der Waals surface area contributed by atoms with Gasteiger partial charge >= 0.3 is 0 Å². The molecule has 3 heterocycles. The van der Waals surface area contributed by atoms with E-state index in [1.165, 1.54) is 12.4 Å². The molecule has 0 bridgehead atoms. The molecular formula is C23H24ClN3O4. The second-order valence-corrected chi connectivity index (χ2v) is 8.02. The Hall–Kier alpha value is -2.74. The van der Waals surface area contributed by atoms with Gasteiger partial charge in [0.1, 0.15) is 5.76 Å². The average molecular weight is 442 g/mol. The molecule has 7 nitrogen and oxygen atoms in total. The molecule has 1 amide bonds. The minimum Gasteiger partial charge on any atom is -0.507 e. The van der Waals surface area contributed by atoms with Gasteiger partial charge in [-0.3, -0.25) is 19.5 Å². The van der Waals surface area contributed by atoms with E-state index >= 15 is 0 Å². The minimum absolute atomic E-state index is 0.0879. The van der Waals surface area contributed by atoms with Crippen LogP contribution in [0.4, 0.5) is 0 Å². The van der Waals surface area contributed by atoms with Crippen LogP contribution in [0, 0.1) is 0 Å². The van der Waals surface area contributed by atoms with Gasteiger partial charge in [-0.05, 0) is 36.2 Å². The summed E-state index contributed by atoms with van der Waals surface area (Å²) in [6, 6.07) is 9.56. The summed E-state index contributed by atoms with van der Waals surface area (Å²) in [4.78, 5) is 33.7. The maximum atomic E-state index is 13.0. The zero-order valence-corrected chi connectivity index (χ0v) is 17.8. The maximum Gasteiger partial charge on any atom is 0.295 e. The Labute approximate surface area is 185 Å². The van der Waals surface area contributed by atoms with Crippen LogP contribution in [0.25, 0.3) is 5.76 Å². The Morgan fingerprint density at radius 3 is 2.42 bits per heavy atom. The van der Waals surface area contributed by atoms with Crippen LogP contribution in [0.5, 0.6) is 0 Å². The van der Waals surface area contributed by atoms with Crippen LogP contribution >= 0.6 is 11.6 Å². The fraction of sp³-hybridized carbons (Fsp3) is 0.348. The molecule has 0 spiro atoms. The number of nitrogens with zero attached hydrogens (tertiary/aromatic N) is 3. The molecule has 0 aliphatic carbocycles. The number of halogens is 1. The first kappa shape index (κ1) is 21.5. The normalized spacial score (nSPS) is 21.6. The van der Waals surface area contributed by atoms with Crippen molar-refractivity contribution in [2.45, 2.75) is 12.5 Å². The van der Waals surface area contributed by atoms with E-state index in [4.69, 9.17) is 16.3 Å². The number of Topliss-reactive ketones (excluding diaryl/α,β-unsaturated/α-hetero) is 1. The summed E-state index contributed by atoms with van der Waals surface area (Å²) in [5, 5.41) is 11.5. The van der Waals surface area contributed by atoms with Crippen molar-refractivity contribution in [3.05, 3.63) is 70.5 Å². The number of pyridine rings is 1. The number of morpholine rings is 1. The van der Waals surface area contributed by atoms with E-state index < -0.39 is 17.7 Å². The zero-order valence-electron chi connectivity index (χ0n) is 17.0. The number of aliphatic hydroxyl groups excluding tert-OH is 1. The summed E-state index contributed by atoms with van der Waals surface area (Å²) >= 11 is 6.04. The molecule has 0 saturated carbocycles. The summed E-state index contributed by atoms with van der Waals surface area (Å²) in [6.45, 7) is 4.36. The van der Waals surface area contributed by atoms with Gasteiger partial charge in [0.25, 0.3) is 11.7 Å². The van der Waals surface area contributed by atoms with E-state index in [9.17, 15) is 14.7 Å². The number of benzene rings is 1. The number of ketones is 1. The minimum atomic E-state index is -0.680. The van der Waals surface area contributed by atoms with E-state index in [0.717, 1.165) is 25.2 Å². The average Bonchev–Trinajstić information content (AvgIpc) is 3.05. The highest BCUT2D eigenvalue weighted by Crippen LogP contribution is 2.39. The molecule has 1 N–H and O–H groups in total. The van der Waals surface area contributed by atoms with Gasteiger partial charge in [-0.25, -0.2) is 0 Å². The van der Waals surface area contributed by atoms with Gasteiger partial charge in [0.15, 0.2) is 0 Å². The van der Waals surface area contributed by atoms with Gasteiger partial charge < -0.3 is 14.7 Å². The standard InChI is InChI=1S/C23H24ClN3O4/c24-18-4-2-16(3-5-18)20-19(21(28)17-6-8-25-9-7-17)22(29)23(30)27(20)11-1-10-26-12-14-31-15-13-26/h2-9,20,28H,1,10-15H2/b21-19+/t20-/m0/s1. The number of likely N-dealkylation sites (tertiary alicyclic amines) is 1. The molecule has 1 aromatic heterocycles. The van der Waals surface area contributed by atoms with Crippen molar-refractivity contribution in [2.75, 3.05) is 39.4 Å². The number of rotatable bonds is 6. The predicted octanol–water partition coefficient (Wildman–Crippen LogP) is 2.88. The fourth-order valence-corrected chi connectivity index (χ4v) is 4.18. The Bertz CT molecular complexity index is 972. The van der Waals surface area contributed by atoms with Crippen molar-refractivity contribution in [2.24, 2.45) is 0 Å². The van der Waals surface area contributed by atoms with Crippen molar-refractivity contribution in [3.8, 4) is 0 Å². The molecule has 4 rings (SSSR count). The quantitative estimate of drug-likeness (QED) is 0.421. The van der Waals surface area contributed by atoms with Crippen LogP contribution in [0.15, 0.2) is 54.4 Å². The van der Waals surface area contributed by atoms with Gasteiger partial charge in [-0.1, -0.05) is 23.7 Å². The number of hydrogen-bond donors (Lipinski definition) is 1. The summed E-state index contributed by atoms with van der Waals surface area (Å²) in [7, 11) is 0. The highest BCUT2D eigenvalue weighted by molar-refractivity contribution is 6.46. The van der Waals surface area contributed by atoms with Gasteiger partial charge in [0.2, 0.25) is 0 Å². The third-order valence-corrected chi connectivity index (χ3v) is 5.91. The van der Waals surface area contributed by atoms with Crippen molar-refractivity contribution in [1.82, 2.24) is 14.8 Å². The highest BCUT2D eigenvalue weighted by atomic mass is 35.5. The van der Waals surface area contributed by atoms with Crippen molar-refractivity contribution in [1.29, 1.82) is 0 Å². The number of aliphatic hydroxyl groups is 1. The van der Waals surface area contributed by atoms with Gasteiger partial charge in [0.05, 0.1) is 24.8 Å². The molecule has 162 valence electrons. The lowest BCUT2D eigenvalue weighted by Crippen LogP contribution is -2.38. The van der Waals surface area contributed by atoms with Gasteiger partial charge in [-0.2, -0.15) is 0 Å². The molecule has 0 unspecified atom stereocenters. The number of carbonyl (C=O) groups excluding carboxylic acids is 2. The molecular weight excluding hydrogens is 418 g/mol. The highest BCUT2D eigenvalue weighted by Gasteiger charge is 2.45. The summed E-state index contributed by atoms with van der Waals surface area (Å²) in [5.41, 5.74) is 1.26. The maximum absolute atomic E-state index is 13.0.